The van der Waals surface area contributed by atoms with Gasteiger partial charge in [-0.3, -0.25) is 9.59 Å². The fourth-order valence-corrected chi connectivity index (χ4v) is 5.66. The van der Waals surface area contributed by atoms with Gasteiger partial charge in [-0.2, -0.15) is 0 Å². The number of nitrogens with one attached hydrogen (secondary N) is 1. The highest BCUT2D eigenvalue weighted by molar-refractivity contribution is 6.30. The number of nitrogens with zero attached hydrogens (tertiary/aromatic N) is 2. The zero-order valence-corrected chi connectivity index (χ0v) is 20.1. The summed E-state index contributed by atoms with van der Waals surface area (Å²) >= 11 is 6.21. The minimum Gasteiger partial charge on any atom is -0.463 e. The Morgan fingerprint density at radius 3 is 2.85 bits per heavy atom. The predicted molar refractivity (Wildman–Crippen MR) is 128 cm³/mol. The van der Waals surface area contributed by atoms with Crippen molar-refractivity contribution >= 4 is 34.5 Å². The number of halogens is 1. The largest absolute Gasteiger partial charge is 0.463 e. The highest BCUT2D eigenvalue weighted by Gasteiger charge is 2.48. The summed E-state index contributed by atoms with van der Waals surface area (Å²) in [7, 11) is 0. The number of furan rings is 1. The van der Waals surface area contributed by atoms with Crippen molar-refractivity contribution in [3.05, 3.63) is 58.9 Å². The maximum absolute atomic E-state index is 13.9. The summed E-state index contributed by atoms with van der Waals surface area (Å²) < 4.78 is 7.47. The van der Waals surface area contributed by atoms with Crippen LogP contribution < -0.4 is 5.32 Å². The monoisotopic (exact) mass is 467 g/mol. The molecule has 5 rings (SSSR count). The summed E-state index contributed by atoms with van der Waals surface area (Å²) in [4.78, 5) is 29.3. The van der Waals surface area contributed by atoms with Crippen molar-refractivity contribution in [1.29, 1.82) is 0 Å². The Morgan fingerprint density at radius 2 is 2.06 bits per heavy atom. The normalized spacial score (nSPS) is 27.6. The van der Waals surface area contributed by atoms with E-state index >= 15 is 0 Å². The third-order valence-electron chi connectivity index (χ3n) is 7.79. The summed E-state index contributed by atoms with van der Waals surface area (Å²) in [6, 6.07) is 11.2. The van der Waals surface area contributed by atoms with Gasteiger partial charge < -0.3 is 19.2 Å². The van der Waals surface area contributed by atoms with Gasteiger partial charge >= 0.3 is 0 Å². The molecule has 0 radical (unpaired) electrons. The quantitative estimate of drug-likeness (QED) is 0.570. The molecular formula is C26H30ClN3O3. The number of hydrogen-bond acceptors (Lipinski definition) is 3. The van der Waals surface area contributed by atoms with E-state index in [1.807, 2.05) is 35.8 Å². The zero-order valence-electron chi connectivity index (χ0n) is 19.3. The van der Waals surface area contributed by atoms with Gasteiger partial charge in [-0.25, -0.2) is 0 Å². The molecule has 0 spiro atoms. The molecule has 6 nitrogen and oxygen atoms in total. The highest BCUT2D eigenvalue weighted by atomic mass is 35.5. The molecule has 0 unspecified atom stereocenters. The molecule has 2 amide bonds. The summed E-state index contributed by atoms with van der Waals surface area (Å²) in [5.41, 5.74) is 1.85. The third kappa shape index (κ3) is 3.74. The summed E-state index contributed by atoms with van der Waals surface area (Å²) in [6.45, 7) is 7.00. The van der Waals surface area contributed by atoms with Crippen LogP contribution in [0.1, 0.15) is 56.1 Å². The van der Waals surface area contributed by atoms with Crippen molar-refractivity contribution in [2.75, 3.05) is 0 Å². The number of benzene rings is 1. The lowest BCUT2D eigenvalue weighted by molar-refractivity contribution is -0.134. The number of carbonyl (C=O) groups is 2. The molecule has 0 saturated heterocycles. The van der Waals surface area contributed by atoms with Crippen molar-refractivity contribution in [2.45, 2.75) is 64.7 Å². The molecule has 33 heavy (non-hydrogen) atoms. The maximum Gasteiger partial charge on any atom is 0.271 e. The Labute approximate surface area is 198 Å². The van der Waals surface area contributed by atoms with Gasteiger partial charge in [0, 0.05) is 29.7 Å². The number of amides is 2. The lowest BCUT2D eigenvalue weighted by atomic mass is 9.77. The second kappa shape index (κ2) is 8.24. The number of hydrogen-bond donors (Lipinski definition) is 1. The van der Waals surface area contributed by atoms with Crippen LogP contribution in [0, 0.1) is 11.8 Å². The zero-order chi connectivity index (χ0) is 23.3. The topological polar surface area (TPSA) is 67.5 Å². The lowest BCUT2D eigenvalue weighted by Gasteiger charge is -2.45. The van der Waals surface area contributed by atoms with Crippen LogP contribution in [0.2, 0.25) is 5.02 Å². The van der Waals surface area contributed by atoms with E-state index in [1.165, 1.54) is 6.42 Å². The minimum absolute atomic E-state index is 0.111. The van der Waals surface area contributed by atoms with E-state index in [9.17, 15) is 9.59 Å². The van der Waals surface area contributed by atoms with Crippen molar-refractivity contribution < 1.29 is 14.0 Å². The summed E-state index contributed by atoms with van der Waals surface area (Å²) in [6.07, 6.45) is 4.88. The van der Waals surface area contributed by atoms with Gasteiger partial charge in [-0.15, -0.1) is 0 Å². The van der Waals surface area contributed by atoms with Crippen LogP contribution in [0.15, 0.2) is 47.1 Å². The standard InChI is InChI=1S/C26H30ClN3O3/c1-16-6-4-9-20(17(16)2)28-25(32)26(3)15-29-21-10-11-33-23(21)13-22(29)24(31)30(26)14-18-7-5-8-19(27)12-18/h5,7-8,10-13,16-17,20H,4,6,9,14-15H2,1-3H3,(H,28,32)/t16-,17+,20+,26+/m1/s1. The first-order chi connectivity index (χ1) is 15.8. The fourth-order valence-electron chi connectivity index (χ4n) is 5.45. The molecule has 2 aliphatic rings. The van der Waals surface area contributed by atoms with Crippen molar-refractivity contribution in [2.24, 2.45) is 11.8 Å². The number of carbonyl (C=O) groups excluding carboxylic acids is 2. The van der Waals surface area contributed by atoms with E-state index in [2.05, 4.69) is 19.2 Å². The van der Waals surface area contributed by atoms with Gasteiger partial charge in [-0.05, 0) is 42.9 Å². The SMILES string of the molecule is C[C@H]1[C@H](C)CCC[C@@H]1NC(=O)[C@]1(C)Cn2c(cc3occc32)C(=O)N1Cc1cccc(Cl)c1. The molecule has 1 aromatic carbocycles. The van der Waals surface area contributed by atoms with Crippen LogP contribution in [0.3, 0.4) is 0 Å². The molecule has 2 aromatic heterocycles. The molecule has 1 N–H and O–H groups in total. The fraction of sp³-hybridized carbons (Fsp3) is 0.462. The molecule has 3 heterocycles. The molecule has 174 valence electrons. The van der Waals surface area contributed by atoms with Gasteiger partial charge in [-0.1, -0.05) is 50.4 Å². The molecule has 3 aromatic rings. The Bertz CT molecular complexity index is 1210. The Morgan fingerprint density at radius 1 is 1.24 bits per heavy atom. The Hall–Kier alpha value is -2.73. The average Bonchev–Trinajstić information content (AvgIpc) is 3.37. The first-order valence-corrected chi connectivity index (χ1v) is 12.1. The van der Waals surface area contributed by atoms with Gasteiger partial charge in [0.15, 0.2) is 5.58 Å². The smallest absolute Gasteiger partial charge is 0.271 e. The van der Waals surface area contributed by atoms with Crippen LogP contribution in [0.25, 0.3) is 11.1 Å². The van der Waals surface area contributed by atoms with E-state index < -0.39 is 5.54 Å². The van der Waals surface area contributed by atoms with E-state index in [4.69, 9.17) is 16.0 Å². The van der Waals surface area contributed by atoms with Crippen LogP contribution >= 0.6 is 11.6 Å². The predicted octanol–water partition coefficient (Wildman–Crippen LogP) is 5.24. The van der Waals surface area contributed by atoms with Crippen LogP contribution in [0.4, 0.5) is 0 Å². The van der Waals surface area contributed by atoms with Gasteiger partial charge in [0.1, 0.15) is 11.2 Å². The van der Waals surface area contributed by atoms with E-state index in [1.54, 1.807) is 23.3 Å². The molecule has 1 saturated carbocycles. The van der Waals surface area contributed by atoms with Crippen molar-refractivity contribution in [1.82, 2.24) is 14.8 Å². The first kappa shape index (κ1) is 22.1. The van der Waals surface area contributed by atoms with Gasteiger partial charge in [0.2, 0.25) is 5.91 Å². The number of rotatable bonds is 4. The van der Waals surface area contributed by atoms with E-state index in [0.717, 1.165) is 23.9 Å². The Kier molecular flexibility index (Phi) is 5.52. The molecule has 0 bridgehead atoms. The molecule has 7 heteroatoms. The second-order valence-corrected chi connectivity index (χ2v) is 10.4. The molecular weight excluding hydrogens is 438 g/mol. The van der Waals surface area contributed by atoms with Crippen LogP contribution in [-0.4, -0.2) is 32.9 Å². The van der Waals surface area contributed by atoms with Crippen LogP contribution in [-0.2, 0) is 17.9 Å². The Balaban J connectivity index is 1.53. The maximum atomic E-state index is 13.9. The van der Waals surface area contributed by atoms with E-state index in [0.29, 0.717) is 41.2 Å². The lowest BCUT2D eigenvalue weighted by Crippen LogP contribution is -2.65. The van der Waals surface area contributed by atoms with Crippen molar-refractivity contribution in [3.8, 4) is 0 Å². The molecule has 1 fully saturated rings. The highest BCUT2D eigenvalue weighted by Crippen LogP contribution is 2.35. The number of aromatic nitrogens is 1. The van der Waals surface area contributed by atoms with Crippen LogP contribution in [0.5, 0.6) is 0 Å². The minimum atomic E-state index is -1.06. The number of fused-ring (bicyclic) bond motifs is 3. The third-order valence-corrected chi connectivity index (χ3v) is 8.03. The van der Waals surface area contributed by atoms with E-state index in [-0.39, 0.29) is 17.9 Å². The van der Waals surface area contributed by atoms with Gasteiger partial charge in [0.25, 0.3) is 5.91 Å². The molecule has 1 aliphatic carbocycles. The summed E-state index contributed by atoms with van der Waals surface area (Å²) in [5, 5.41) is 3.93. The molecule has 4 atom stereocenters. The summed E-state index contributed by atoms with van der Waals surface area (Å²) in [5.74, 6) is 0.666. The first-order valence-electron chi connectivity index (χ1n) is 11.7. The van der Waals surface area contributed by atoms with Crippen molar-refractivity contribution in [3.63, 3.8) is 0 Å². The average molecular weight is 468 g/mol. The molecule has 1 aliphatic heterocycles. The van der Waals surface area contributed by atoms with Gasteiger partial charge in [0.05, 0.1) is 18.3 Å². The second-order valence-electron chi connectivity index (χ2n) is 9.93.